The molecular weight excluding hydrogens is 497 g/mol. The van der Waals surface area contributed by atoms with Crippen LogP contribution in [-0.4, -0.2) is 29.5 Å². The molecule has 35 heavy (non-hydrogen) atoms. The molecule has 180 valence electrons. The molecule has 10 heteroatoms. The number of thiophene rings is 2. The van der Waals surface area contributed by atoms with Crippen LogP contribution in [0.4, 0.5) is 18.9 Å². The summed E-state index contributed by atoms with van der Waals surface area (Å²) in [5, 5.41) is 1.64. The van der Waals surface area contributed by atoms with E-state index in [2.05, 4.69) is 4.98 Å². The van der Waals surface area contributed by atoms with Gasteiger partial charge in [-0.25, -0.2) is 9.78 Å². The lowest BCUT2D eigenvalue weighted by molar-refractivity contribution is -0.136. The number of anilines is 1. The van der Waals surface area contributed by atoms with Gasteiger partial charge in [0.25, 0.3) is 5.91 Å². The summed E-state index contributed by atoms with van der Waals surface area (Å²) in [6.07, 6.45) is -3.93. The predicted molar refractivity (Wildman–Crippen MR) is 130 cm³/mol. The predicted octanol–water partition coefficient (Wildman–Crippen LogP) is 6.49. The quantitative estimate of drug-likeness (QED) is 0.291. The third-order valence-electron chi connectivity index (χ3n) is 5.97. The van der Waals surface area contributed by atoms with E-state index in [9.17, 15) is 22.8 Å². The number of aryl methyl sites for hydroxylation is 1. The summed E-state index contributed by atoms with van der Waals surface area (Å²) in [5.41, 5.74) is 1.29. The number of halogens is 3. The van der Waals surface area contributed by atoms with Gasteiger partial charge in [0.2, 0.25) is 0 Å². The number of hydrogen-bond acceptors (Lipinski definition) is 6. The van der Waals surface area contributed by atoms with E-state index >= 15 is 0 Å². The highest BCUT2D eigenvalue weighted by Crippen LogP contribution is 2.42. The van der Waals surface area contributed by atoms with Gasteiger partial charge in [-0.1, -0.05) is 24.3 Å². The molecule has 1 amide bonds. The van der Waals surface area contributed by atoms with E-state index in [1.165, 1.54) is 18.3 Å². The molecule has 3 aromatic heterocycles. The zero-order chi connectivity index (χ0) is 24.9. The number of pyridine rings is 1. The van der Waals surface area contributed by atoms with Gasteiger partial charge in [0.15, 0.2) is 6.61 Å². The Balaban J connectivity index is 1.43. The average molecular weight is 517 g/mol. The van der Waals surface area contributed by atoms with Crippen molar-refractivity contribution in [2.75, 3.05) is 11.5 Å². The van der Waals surface area contributed by atoms with Crippen LogP contribution < -0.4 is 4.90 Å². The molecule has 4 aromatic rings. The fourth-order valence-corrected chi connectivity index (χ4v) is 6.21. The highest BCUT2D eigenvalue weighted by Gasteiger charge is 2.36. The van der Waals surface area contributed by atoms with Crippen molar-refractivity contribution >= 4 is 50.5 Å². The second-order valence-corrected chi connectivity index (χ2v) is 10.2. The van der Waals surface area contributed by atoms with Crippen LogP contribution in [0.2, 0.25) is 0 Å². The van der Waals surface area contributed by atoms with E-state index < -0.39 is 24.3 Å². The Bertz CT molecular complexity index is 1440. The van der Waals surface area contributed by atoms with E-state index in [0.29, 0.717) is 11.3 Å². The Morgan fingerprint density at radius 1 is 1.20 bits per heavy atom. The maximum Gasteiger partial charge on any atom is 0.417 e. The first-order chi connectivity index (χ1) is 16.6. The van der Waals surface area contributed by atoms with Crippen molar-refractivity contribution in [2.24, 2.45) is 0 Å². The normalized spacial score (nSPS) is 15.5. The second kappa shape index (κ2) is 8.76. The molecule has 5 nitrogen and oxygen atoms in total. The summed E-state index contributed by atoms with van der Waals surface area (Å²) in [6, 6.07) is 11.9. The number of ether oxygens (including phenoxy) is 1. The number of carbonyl (C=O) groups is 2. The maximum atomic E-state index is 13.9. The zero-order valence-electron chi connectivity index (χ0n) is 18.7. The number of hydrogen-bond donors (Lipinski definition) is 0. The summed E-state index contributed by atoms with van der Waals surface area (Å²) in [6.45, 7) is 2.84. The molecule has 0 saturated heterocycles. The molecule has 0 spiro atoms. The van der Waals surface area contributed by atoms with Gasteiger partial charge in [-0.2, -0.15) is 13.2 Å². The molecule has 0 N–H and O–H groups in total. The summed E-state index contributed by atoms with van der Waals surface area (Å²) in [5.74, 6) is -1.23. The minimum Gasteiger partial charge on any atom is -0.451 e. The number of fused-ring (bicyclic) bond motifs is 2. The van der Waals surface area contributed by atoms with Crippen molar-refractivity contribution < 1.29 is 27.5 Å². The van der Waals surface area contributed by atoms with Crippen LogP contribution in [0.25, 0.3) is 20.8 Å². The molecule has 4 heterocycles. The lowest BCUT2D eigenvalue weighted by Crippen LogP contribution is -2.38. The molecule has 0 aliphatic carbocycles. The van der Waals surface area contributed by atoms with Crippen LogP contribution in [0.15, 0.2) is 47.8 Å². The first kappa shape index (κ1) is 23.5. The van der Waals surface area contributed by atoms with E-state index in [0.717, 1.165) is 28.7 Å². The van der Waals surface area contributed by atoms with Crippen LogP contribution in [0.1, 0.15) is 33.3 Å². The number of amides is 1. The summed E-state index contributed by atoms with van der Waals surface area (Å²) < 4.78 is 47.1. The molecule has 0 saturated carbocycles. The first-order valence-electron chi connectivity index (χ1n) is 10.8. The Hall–Kier alpha value is -3.24. The van der Waals surface area contributed by atoms with Crippen molar-refractivity contribution in [3.8, 4) is 10.6 Å². The maximum absolute atomic E-state index is 13.9. The van der Waals surface area contributed by atoms with E-state index in [1.54, 1.807) is 22.4 Å². The lowest BCUT2D eigenvalue weighted by Gasteiger charge is -2.22. The van der Waals surface area contributed by atoms with Crippen LogP contribution >= 0.6 is 22.7 Å². The number of para-hydroxylation sites is 1. The molecular formula is C25H19F3N2O3S2. The van der Waals surface area contributed by atoms with Gasteiger partial charge in [0.05, 0.1) is 16.1 Å². The van der Waals surface area contributed by atoms with Crippen molar-refractivity contribution in [1.29, 1.82) is 0 Å². The Morgan fingerprint density at radius 3 is 2.69 bits per heavy atom. The number of rotatable bonds is 4. The Labute approximate surface area is 206 Å². The highest BCUT2D eigenvalue weighted by molar-refractivity contribution is 7.20. The summed E-state index contributed by atoms with van der Waals surface area (Å²) >= 11 is 2.12. The topological polar surface area (TPSA) is 59.5 Å². The van der Waals surface area contributed by atoms with Crippen molar-refractivity contribution in [3.63, 3.8) is 0 Å². The third-order valence-corrected chi connectivity index (χ3v) is 8.03. The van der Waals surface area contributed by atoms with Gasteiger partial charge in [-0.3, -0.25) is 4.79 Å². The number of alkyl halides is 3. The van der Waals surface area contributed by atoms with Gasteiger partial charge in [-0.15, -0.1) is 22.7 Å². The molecule has 0 bridgehead atoms. The SMILES string of the molecule is Cc1c(C(=O)OCC(=O)N2c3ccccc3C[C@@H]2C)sc2nc(-c3cccs3)cc(C(F)(F)F)c12. The molecule has 1 aliphatic rings. The second-order valence-electron chi connectivity index (χ2n) is 8.29. The monoisotopic (exact) mass is 516 g/mol. The lowest BCUT2D eigenvalue weighted by atomic mass is 10.1. The smallest absolute Gasteiger partial charge is 0.417 e. The number of nitrogens with zero attached hydrogens (tertiary/aromatic N) is 2. The van der Waals surface area contributed by atoms with Gasteiger partial charge < -0.3 is 9.64 Å². The third kappa shape index (κ3) is 4.21. The molecule has 1 aliphatic heterocycles. The average Bonchev–Trinajstić information content (AvgIpc) is 3.53. The first-order valence-corrected chi connectivity index (χ1v) is 12.5. The van der Waals surface area contributed by atoms with Crippen LogP contribution in [0.3, 0.4) is 0 Å². The Kier molecular flexibility index (Phi) is 5.88. The van der Waals surface area contributed by atoms with Crippen molar-refractivity contribution in [2.45, 2.75) is 32.5 Å². The van der Waals surface area contributed by atoms with Crippen LogP contribution in [-0.2, 0) is 22.1 Å². The van der Waals surface area contributed by atoms with Crippen molar-refractivity contribution in [1.82, 2.24) is 4.98 Å². The molecule has 1 aromatic carbocycles. The number of carbonyl (C=O) groups excluding carboxylic acids is 2. The molecule has 0 fully saturated rings. The largest absolute Gasteiger partial charge is 0.451 e. The highest BCUT2D eigenvalue weighted by atomic mass is 32.1. The fourth-order valence-electron chi connectivity index (χ4n) is 4.42. The van der Waals surface area contributed by atoms with Gasteiger partial charge in [0.1, 0.15) is 9.71 Å². The molecule has 0 unspecified atom stereocenters. The summed E-state index contributed by atoms with van der Waals surface area (Å²) in [7, 11) is 0. The number of benzene rings is 1. The minimum atomic E-state index is -4.63. The molecule has 1 atom stereocenters. The van der Waals surface area contributed by atoms with Gasteiger partial charge >= 0.3 is 12.1 Å². The minimum absolute atomic E-state index is 0.00370. The van der Waals surface area contributed by atoms with Crippen molar-refractivity contribution in [3.05, 3.63) is 69.4 Å². The molecule has 5 rings (SSSR count). The van der Waals surface area contributed by atoms with Crippen LogP contribution in [0.5, 0.6) is 0 Å². The van der Waals surface area contributed by atoms with E-state index in [-0.39, 0.29) is 38.3 Å². The number of esters is 1. The Morgan fingerprint density at radius 2 is 1.97 bits per heavy atom. The van der Waals surface area contributed by atoms with Gasteiger partial charge in [0, 0.05) is 17.1 Å². The van der Waals surface area contributed by atoms with E-state index in [4.69, 9.17) is 4.74 Å². The zero-order valence-corrected chi connectivity index (χ0v) is 20.3. The summed E-state index contributed by atoms with van der Waals surface area (Å²) in [4.78, 5) is 32.4. The fraction of sp³-hybridized carbons (Fsp3) is 0.240. The van der Waals surface area contributed by atoms with Gasteiger partial charge in [-0.05, 0) is 55.0 Å². The van der Waals surface area contributed by atoms with E-state index in [1.807, 2.05) is 31.2 Å². The van der Waals surface area contributed by atoms with Crippen LogP contribution in [0, 0.1) is 6.92 Å². The molecule has 0 radical (unpaired) electrons. The standard InChI is InChI=1S/C25H19F3N2O3S2/c1-13-10-15-6-3-4-7-18(15)30(13)20(31)12-33-24(32)22-14(2)21-16(25(26,27)28)11-17(29-23(21)35-22)19-8-5-9-34-19/h3-9,11,13H,10,12H2,1-2H3/t13-/m0/s1. The number of aromatic nitrogens is 1.